The normalized spacial score (nSPS) is 20.1. The van der Waals surface area contributed by atoms with Crippen molar-refractivity contribution >= 4 is 5.91 Å². The minimum absolute atomic E-state index is 0. The number of carbonyl (C=O) groups is 1. The first-order chi connectivity index (χ1) is 6.84. The summed E-state index contributed by atoms with van der Waals surface area (Å²) >= 11 is 0. The second kappa shape index (κ2) is 9.20. The van der Waals surface area contributed by atoms with Gasteiger partial charge in [0.15, 0.2) is 0 Å². The molecule has 0 aliphatic heterocycles. The minimum Gasteiger partial charge on any atom is -0.294 e. The summed E-state index contributed by atoms with van der Waals surface area (Å²) in [5.74, 6) is 5.16. The van der Waals surface area contributed by atoms with Gasteiger partial charge in [0.1, 0.15) is 0 Å². The van der Waals surface area contributed by atoms with Crippen molar-refractivity contribution in [3.63, 3.8) is 0 Å². The van der Waals surface area contributed by atoms with Gasteiger partial charge < -0.3 is 0 Å². The van der Waals surface area contributed by atoms with E-state index < -0.39 is 0 Å². The molecule has 2 saturated carbocycles. The zero-order chi connectivity index (χ0) is 10.2. The van der Waals surface area contributed by atoms with E-state index in [-0.39, 0.29) is 28.9 Å². The third-order valence-corrected chi connectivity index (χ3v) is 3.12. The monoisotopic (exact) mass is 254 g/mol. The summed E-state index contributed by atoms with van der Waals surface area (Å²) in [4.78, 5) is 10.8. The molecule has 0 spiro atoms. The van der Waals surface area contributed by atoms with Crippen LogP contribution in [0, 0.1) is 5.92 Å². The molecule has 0 unspecified atom stereocenters. The fraction of sp³-hybridized carbons (Fsp3) is 0.909. The molecule has 2 rings (SSSR count). The molecule has 90 valence electrons. The zero-order valence-corrected chi connectivity index (χ0v) is 10.4. The van der Waals surface area contributed by atoms with E-state index >= 15 is 0 Å². The van der Waals surface area contributed by atoms with Crippen LogP contribution in [0.4, 0.5) is 0 Å². The van der Waals surface area contributed by atoms with Crippen molar-refractivity contribution in [2.75, 3.05) is 0 Å². The number of nitrogens with one attached hydrogen (secondary N) is 1. The number of rotatable bonds is 1. The van der Waals surface area contributed by atoms with Crippen LogP contribution in [0.3, 0.4) is 0 Å². The Kier molecular flexibility index (Phi) is 9.16. The first-order valence-electron chi connectivity index (χ1n) is 5.85. The summed E-state index contributed by atoms with van der Waals surface area (Å²) < 4.78 is 0. The Morgan fingerprint density at radius 3 is 1.67 bits per heavy atom. The average molecular weight is 254 g/mol. The van der Waals surface area contributed by atoms with Crippen LogP contribution in [0.15, 0.2) is 0 Å². The van der Waals surface area contributed by atoms with E-state index in [9.17, 15) is 4.79 Å². The fourth-order valence-electron chi connectivity index (χ4n) is 2.19. The predicted molar refractivity (Wildman–Crippen MR) is 57.4 cm³/mol. The van der Waals surface area contributed by atoms with E-state index in [0.717, 1.165) is 12.8 Å². The van der Waals surface area contributed by atoms with Gasteiger partial charge in [0, 0.05) is 23.0 Å². The minimum atomic E-state index is 0. The van der Waals surface area contributed by atoms with Crippen LogP contribution in [0.2, 0.25) is 0 Å². The number of carbonyl (C=O) groups excluding carboxylic acids is 1. The number of nitrogens with two attached hydrogens (primary N) is 1. The second-order valence-corrected chi connectivity index (χ2v) is 4.26. The maximum atomic E-state index is 10.8. The van der Waals surface area contributed by atoms with Gasteiger partial charge >= 0.3 is 0 Å². The average Bonchev–Trinajstić information content (AvgIpc) is 2.91. The Hall–Kier alpha value is -0.0505. The smallest absolute Gasteiger partial charge is 0.236 e. The number of hydrazine groups is 1. The molecule has 0 aromatic heterocycles. The largest absolute Gasteiger partial charge is 0.294 e. The fourth-order valence-corrected chi connectivity index (χ4v) is 2.19. The van der Waals surface area contributed by atoms with Gasteiger partial charge in [0.25, 0.3) is 0 Å². The van der Waals surface area contributed by atoms with Crippen molar-refractivity contribution in [1.29, 1.82) is 0 Å². The quantitative estimate of drug-likeness (QED) is 0.326. The van der Waals surface area contributed by atoms with Crippen LogP contribution in [-0.4, -0.2) is 5.91 Å². The van der Waals surface area contributed by atoms with E-state index in [4.69, 9.17) is 5.84 Å². The predicted octanol–water partition coefficient (Wildman–Crippen LogP) is 2.11. The number of hydrogen-bond donors (Lipinski definition) is 2. The van der Waals surface area contributed by atoms with Gasteiger partial charge in [0.2, 0.25) is 5.91 Å². The molecule has 2 aliphatic carbocycles. The Morgan fingerprint density at radius 2 is 1.33 bits per heavy atom. The molecule has 0 bridgehead atoms. The Morgan fingerprint density at radius 1 is 0.933 bits per heavy atom. The van der Waals surface area contributed by atoms with E-state index in [1.54, 1.807) is 0 Å². The molecule has 2 aliphatic rings. The van der Waals surface area contributed by atoms with E-state index in [2.05, 4.69) is 5.43 Å². The van der Waals surface area contributed by atoms with Crippen molar-refractivity contribution in [2.45, 2.75) is 57.8 Å². The van der Waals surface area contributed by atoms with Gasteiger partial charge in [-0.1, -0.05) is 44.9 Å². The molecule has 0 heterocycles. The molecule has 3 nitrogen and oxygen atoms in total. The summed E-state index contributed by atoms with van der Waals surface area (Å²) in [6.45, 7) is 0. The van der Waals surface area contributed by atoms with Gasteiger partial charge in [-0.3, -0.25) is 10.2 Å². The number of amides is 1. The van der Waals surface area contributed by atoms with E-state index in [1.165, 1.54) is 44.9 Å². The summed E-state index contributed by atoms with van der Waals surface area (Å²) in [6, 6.07) is 0. The molecule has 0 atom stereocenters. The molecule has 0 radical (unpaired) electrons. The van der Waals surface area contributed by atoms with Crippen LogP contribution in [-0.2, 0) is 21.9 Å². The third-order valence-electron chi connectivity index (χ3n) is 3.12. The summed E-state index contributed by atoms with van der Waals surface area (Å²) in [5.41, 5.74) is 2.17. The Bertz CT molecular complexity index is 158. The topological polar surface area (TPSA) is 55.1 Å². The first-order valence-corrected chi connectivity index (χ1v) is 5.85. The maximum absolute atomic E-state index is 10.8. The van der Waals surface area contributed by atoms with Crippen LogP contribution in [0.1, 0.15) is 57.8 Å². The Balaban J connectivity index is 0.000000280. The molecule has 0 aromatic rings. The van der Waals surface area contributed by atoms with Gasteiger partial charge in [-0.25, -0.2) is 5.84 Å². The van der Waals surface area contributed by atoms with Crippen LogP contribution < -0.4 is 11.3 Å². The summed E-state index contributed by atoms with van der Waals surface area (Å²) in [5, 5.41) is 0. The molecule has 1 amide bonds. The summed E-state index contributed by atoms with van der Waals surface area (Å²) in [7, 11) is 0. The molecule has 0 aromatic carbocycles. The number of hydrogen-bond acceptors (Lipinski definition) is 2. The molecular weight excluding hydrogens is 232 g/mol. The maximum Gasteiger partial charge on any atom is 0.236 e. The molecule has 4 heteroatoms. The third kappa shape index (κ3) is 6.18. The Labute approximate surface area is 103 Å². The molecule has 15 heavy (non-hydrogen) atoms. The molecule has 2 fully saturated rings. The van der Waals surface area contributed by atoms with Gasteiger partial charge in [0.05, 0.1) is 0 Å². The summed E-state index contributed by atoms with van der Waals surface area (Å²) in [6.07, 6.45) is 11.9. The second-order valence-electron chi connectivity index (χ2n) is 4.26. The zero-order valence-electron chi connectivity index (χ0n) is 9.28. The molecule has 3 N–H and O–H groups in total. The first kappa shape index (κ1) is 14.9. The molecule has 0 saturated heterocycles. The van der Waals surface area contributed by atoms with Crippen molar-refractivity contribution < 1.29 is 21.9 Å². The van der Waals surface area contributed by atoms with Crippen LogP contribution in [0.5, 0.6) is 0 Å². The van der Waals surface area contributed by atoms with Crippen molar-refractivity contribution in [3.8, 4) is 0 Å². The van der Waals surface area contributed by atoms with Crippen molar-refractivity contribution in [3.05, 3.63) is 0 Å². The van der Waals surface area contributed by atoms with Gasteiger partial charge in [-0.2, -0.15) is 0 Å². The van der Waals surface area contributed by atoms with Gasteiger partial charge in [-0.15, -0.1) is 0 Å². The van der Waals surface area contributed by atoms with Crippen LogP contribution in [0.25, 0.3) is 0 Å². The van der Waals surface area contributed by atoms with Gasteiger partial charge in [-0.05, 0) is 12.8 Å². The van der Waals surface area contributed by atoms with Crippen LogP contribution >= 0.6 is 0 Å². The van der Waals surface area contributed by atoms with E-state index in [1.807, 2.05) is 0 Å². The SMILES string of the molecule is C1CCCC1.NNC(=O)C1CCCC1.[Fe]. The van der Waals surface area contributed by atoms with E-state index in [0.29, 0.717) is 0 Å². The van der Waals surface area contributed by atoms with Crippen molar-refractivity contribution in [1.82, 2.24) is 5.43 Å². The van der Waals surface area contributed by atoms with Crippen molar-refractivity contribution in [2.24, 2.45) is 11.8 Å². The standard InChI is InChI=1S/C6H12N2O.C5H10.Fe/c7-8-6(9)5-3-1-2-4-5;1-2-4-5-3-1;/h5H,1-4,7H2,(H,8,9);1-5H2;. The molecular formula is C11H22FeN2O.